The summed E-state index contributed by atoms with van der Waals surface area (Å²) in [5.74, 6) is 2.07. The summed E-state index contributed by atoms with van der Waals surface area (Å²) in [5, 5.41) is 3.35. The summed E-state index contributed by atoms with van der Waals surface area (Å²) in [6.07, 6.45) is 1.15. The van der Waals surface area contributed by atoms with Crippen LogP contribution in [0.15, 0.2) is 12.1 Å². The Kier molecular flexibility index (Phi) is 3.19. The average molecular weight is 223 g/mol. The minimum absolute atomic E-state index is 0.411. The highest BCUT2D eigenvalue weighted by atomic mass is 16.5. The molecule has 1 N–H and O–H groups in total. The van der Waals surface area contributed by atoms with E-state index in [9.17, 15) is 0 Å². The van der Waals surface area contributed by atoms with Crippen LogP contribution in [-0.2, 0) is 0 Å². The first kappa shape index (κ1) is 11.1. The third-order valence-electron chi connectivity index (χ3n) is 2.91. The summed E-state index contributed by atoms with van der Waals surface area (Å²) in [7, 11) is 4.88. The van der Waals surface area contributed by atoms with E-state index in [1.54, 1.807) is 21.3 Å². The fraction of sp³-hybridized carbons (Fsp3) is 0.500. The number of hydrogen-bond donors (Lipinski definition) is 1. The first-order chi connectivity index (χ1) is 7.80. The Morgan fingerprint density at radius 1 is 1.06 bits per heavy atom. The predicted octanol–water partition coefficient (Wildman–Crippen LogP) is 1.75. The zero-order valence-electron chi connectivity index (χ0n) is 9.87. The maximum atomic E-state index is 5.31. The van der Waals surface area contributed by atoms with Crippen LogP contribution in [-0.4, -0.2) is 27.9 Å². The maximum Gasteiger partial charge on any atom is 0.203 e. The second-order valence-electron chi connectivity index (χ2n) is 3.75. The minimum Gasteiger partial charge on any atom is -0.493 e. The van der Waals surface area contributed by atoms with Gasteiger partial charge in [0.1, 0.15) is 0 Å². The topological polar surface area (TPSA) is 39.7 Å². The molecule has 1 aromatic rings. The largest absolute Gasteiger partial charge is 0.493 e. The summed E-state index contributed by atoms with van der Waals surface area (Å²) >= 11 is 0. The summed E-state index contributed by atoms with van der Waals surface area (Å²) < 4.78 is 15.9. The van der Waals surface area contributed by atoms with Crippen molar-refractivity contribution in [2.75, 3.05) is 27.9 Å². The van der Waals surface area contributed by atoms with E-state index in [1.165, 1.54) is 5.56 Å². The van der Waals surface area contributed by atoms with Crippen molar-refractivity contribution in [2.24, 2.45) is 0 Å². The van der Waals surface area contributed by atoms with E-state index in [-0.39, 0.29) is 0 Å². The summed E-state index contributed by atoms with van der Waals surface area (Å²) in [6, 6.07) is 4.41. The molecule has 4 nitrogen and oxygen atoms in total. The van der Waals surface area contributed by atoms with Crippen LogP contribution in [0.5, 0.6) is 17.2 Å². The molecule has 1 atom stereocenters. The van der Waals surface area contributed by atoms with Crippen LogP contribution in [0, 0.1) is 0 Å². The highest BCUT2D eigenvalue weighted by Crippen LogP contribution is 2.40. The van der Waals surface area contributed by atoms with Gasteiger partial charge < -0.3 is 19.5 Å². The second kappa shape index (κ2) is 4.61. The monoisotopic (exact) mass is 223 g/mol. The van der Waals surface area contributed by atoms with E-state index in [0.29, 0.717) is 23.3 Å². The van der Waals surface area contributed by atoms with Crippen LogP contribution in [0.2, 0.25) is 0 Å². The average Bonchev–Trinajstić information content (AvgIpc) is 2.25. The van der Waals surface area contributed by atoms with Crippen molar-refractivity contribution < 1.29 is 14.2 Å². The molecule has 0 unspecified atom stereocenters. The van der Waals surface area contributed by atoms with Gasteiger partial charge in [-0.3, -0.25) is 0 Å². The first-order valence-electron chi connectivity index (χ1n) is 5.33. The zero-order valence-corrected chi connectivity index (χ0v) is 9.87. The second-order valence-corrected chi connectivity index (χ2v) is 3.75. The van der Waals surface area contributed by atoms with Gasteiger partial charge in [-0.25, -0.2) is 0 Å². The molecule has 1 heterocycles. The Morgan fingerprint density at radius 3 is 1.94 bits per heavy atom. The van der Waals surface area contributed by atoms with E-state index < -0.39 is 0 Å². The summed E-state index contributed by atoms with van der Waals surface area (Å²) in [5.41, 5.74) is 1.18. The molecule has 1 aromatic carbocycles. The van der Waals surface area contributed by atoms with Gasteiger partial charge in [-0.15, -0.1) is 0 Å². The van der Waals surface area contributed by atoms with Crippen LogP contribution < -0.4 is 19.5 Å². The van der Waals surface area contributed by atoms with E-state index in [2.05, 4.69) is 5.32 Å². The van der Waals surface area contributed by atoms with Gasteiger partial charge in [0, 0.05) is 6.04 Å². The van der Waals surface area contributed by atoms with Crippen molar-refractivity contribution >= 4 is 0 Å². The number of hydrogen-bond acceptors (Lipinski definition) is 4. The molecule has 0 aliphatic carbocycles. The summed E-state index contributed by atoms with van der Waals surface area (Å²) in [6.45, 7) is 1.07. The van der Waals surface area contributed by atoms with Crippen LogP contribution in [0.4, 0.5) is 0 Å². The Morgan fingerprint density at radius 2 is 1.62 bits per heavy atom. The zero-order chi connectivity index (χ0) is 11.5. The molecule has 16 heavy (non-hydrogen) atoms. The molecule has 88 valence electrons. The highest BCUT2D eigenvalue weighted by molar-refractivity contribution is 5.54. The van der Waals surface area contributed by atoms with E-state index >= 15 is 0 Å². The molecule has 0 radical (unpaired) electrons. The number of rotatable bonds is 4. The lowest BCUT2D eigenvalue weighted by Gasteiger charge is -2.29. The molecule has 0 spiro atoms. The normalized spacial score (nSPS) is 18.8. The van der Waals surface area contributed by atoms with Crippen molar-refractivity contribution in [1.82, 2.24) is 5.32 Å². The Hall–Kier alpha value is -1.42. The fourth-order valence-corrected chi connectivity index (χ4v) is 1.88. The first-order valence-corrected chi connectivity index (χ1v) is 5.33. The number of methoxy groups -OCH3 is 3. The molecule has 1 saturated heterocycles. The Balaban J connectivity index is 2.40. The molecule has 1 aliphatic rings. The van der Waals surface area contributed by atoms with Gasteiger partial charge in [-0.2, -0.15) is 0 Å². The quantitative estimate of drug-likeness (QED) is 0.844. The smallest absolute Gasteiger partial charge is 0.203 e. The minimum atomic E-state index is 0.411. The number of ether oxygens (including phenoxy) is 3. The van der Waals surface area contributed by atoms with Gasteiger partial charge in [-0.05, 0) is 30.7 Å². The van der Waals surface area contributed by atoms with Gasteiger partial charge in [0.25, 0.3) is 0 Å². The number of benzene rings is 1. The van der Waals surface area contributed by atoms with E-state index in [0.717, 1.165) is 13.0 Å². The standard InChI is InChI=1S/C12H17NO3/c1-14-10-6-8(9-4-5-13-9)7-11(15-2)12(10)16-3/h6-7,9,13H,4-5H2,1-3H3/t9-/m1/s1. The van der Waals surface area contributed by atoms with Crippen molar-refractivity contribution in [3.8, 4) is 17.2 Å². The molecule has 0 aromatic heterocycles. The molecule has 1 aliphatic heterocycles. The SMILES string of the molecule is COc1cc([C@H]2CCN2)cc(OC)c1OC. The molecule has 1 fully saturated rings. The molecule has 0 bridgehead atoms. The van der Waals surface area contributed by atoms with Gasteiger partial charge in [0.2, 0.25) is 5.75 Å². The lowest BCUT2D eigenvalue weighted by molar-refractivity contribution is 0.319. The molecular formula is C12H17NO3. The Labute approximate surface area is 95.5 Å². The van der Waals surface area contributed by atoms with Crippen molar-refractivity contribution in [1.29, 1.82) is 0 Å². The molecule has 0 amide bonds. The van der Waals surface area contributed by atoms with Crippen molar-refractivity contribution in [3.05, 3.63) is 17.7 Å². The highest BCUT2D eigenvalue weighted by Gasteiger charge is 2.22. The molecule has 0 saturated carbocycles. The third-order valence-corrected chi connectivity index (χ3v) is 2.91. The lowest BCUT2D eigenvalue weighted by atomic mass is 9.97. The molecular weight excluding hydrogens is 206 g/mol. The van der Waals surface area contributed by atoms with E-state index in [4.69, 9.17) is 14.2 Å². The van der Waals surface area contributed by atoms with Crippen molar-refractivity contribution in [3.63, 3.8) is 0 Å². The third kappa shape index (κ3) is 1.80. The van der Waals surface area contributed by atoms with Crippen molar-refractivity contribution in [2.45, 2.75) is 12.5 Å². The van der Waals surface area contributed by atoms with Crippen LogP contribution in [0.25, 0.3) is 0 Å². The van der Waals surface area contributed by atoms with Crippen LogP contribution >= 0.6 is 0 Å². The van der Waals surface area contributed by atoms with Gasteiger partial charge >= 0.3 is 0 Å². The summed E-state index contributed by atoms with van der Waals surface area (Å²) in [4.78, 5) is 0. The van der Waals surface area contributed by atoms with Gasteiger partial charge in [0.05, 0.1) is 21.3 Å². The molecule has 2 rings (SSSR count). The van der Waals surface area contributed by atoms with Gasteiger partial charge in [-0.1, -0.05) is 0 Å². The Bertz CT molecular complexity index is 350. The lowest BCUT2D eigenvalue weighted by Crippen LogP contribution is -2.34. The predicted molar refractivity (Wildman–Crippen MR) is 61.5 cm³/mol. The number of nitrogens with one attached hydrogen (secondary N) is 1. The maximum absolute atomic E-state index is 5.31. The van der Waals surface area contributed by atoms with Crippen LogP contribution in [0.1, 0.15) is 18.0 Å². The molecule has 4 heteroatoms. The van der Waals surface area contributed by atoms with E-state index in [1.807, 2.05) is 12.1 Å². The fourth-order valence-electron chi connectivity index (χ4n) is 1.88. The van der Waals surface area contributed by atoms with Gasteiger partial charge in [0.15, 0.2) is 11.5 Å². The van der Waals surface area contributed by atoms with Crippen LogP contribution in [0.3, 0.4) is 0 Å².